The van der Waals surface area contributed by atoms with Crippen LogP contribution in [-0.2, 0) is 4.79 Å². The van der Waals surface area contributed by atoms with E-state index in [9.17, 15) is 4.79 Å². The van der Waals surface area contributed by atoms with Gasteiger partial charge in [-0.1, -0.05) is 13.8 Å². The van der Waals surface area contributed by atoms with Gasteiger partial charge in [-0.3, -0.25) is 8.32 Å². The molecule has 0 aliphatic rings. The van der Waals surface area contributed by atoms with Gasteiger partial charge in [-0.2, -0.15) is 0 Å². The number of carbonyl (C=O) groups is 1. The minimum atomic E-state index is -0.339. The van der Waals surface area contributed by atoms with E-state index < -0.39 is 0 Å². The van der Waals surface area contributed by atoms with E-state index in [1.165, 1.54) is 0 Å². The maximum Gasteiger partial charge on any atom is 0.245 e. The lowest BCUT2D eigenvalue weighted by molar-refractivity contribution is -0.120. The summed E-state index contributed by atoms with van der Waals surface area (Å²) in [6, 6.07) is -0.339. The molecule has 0 aromatic heterocycles. The Hall–Kier alpha value is 0.160. The first kappa shape index (κ1) is 11.2. The van der Waals surface area contributed by atoms with Crippen molar-refractivity contribution in [3.8, 4) is 0 Å². The third-order valence-electron chi connectivity index (χ3n) is 1.48. The second kappa shape index (κ2) is 5.77. The Morgan fingerprint density at radius 2 is 2.09 bits per heavy atom. The second-order valence-electron chi connectivity index (χ2n) is 3.04. The van der Waals surface area contributed by atoms with E-state index in [0.717, 1.165) is 12.8 Å². The molecule has 1 atom stereocenters. The zero-order valence-corrected chi connectivity index (χ0v) is 9.09. The van der Waals surface area contributed by atoms with Crippen molar-refractivity contribution in [1.29, 1.82) is 0 Å². The molecule has 0 aromatic rings. The summed E-state index contributed by atoms with van der Waals surface area (Å²) in [4.78, 5) is 10.9. The van der Waals surface area contributed by atoms with E-state index in [2.05, 4.69) is 17.4 Å². The number of amides is 1. The molecule has 0 spiro atoms. The molecule has 0 unspecified atom stereocenters. The van der Waals surface area contributed by atoms with Crippen molar-refractivity contribution in [3.63, 3.8) is 0 Å². The van der Waals surface area contributed by atoms with Gasteiger partial charge in [0.05, 0.1) is 28.9 Å². The lowest BCUT2D eigenvalue weighted by atomic mass is 10.0. The van der Waals surface area contributed by atoms with Crippen LogP contribution < -0.4 is 9.26 Å². The average molecular weight is 270 g/mol. The number of hydrogen-bond donors (Lipinski definition) is 2. The van der Waals surface area contributed by atoms with Crippen LogP contribution in [0.15, 0.2) is 0 Å². The highest BCUT2D eigenvalue weighted by atomic mass is 127. The van der Waals surface area contributed by atoms with Crippen LogP contribution in [0.3, 0.4) is 0 Å². The maximum atomic E-state index is 10.9. The number of carbonyl (C=O) groups excluding carboxylic acids is 1. The van der Waals surface area contributed by atoms with Crippen LogP contribution in [0, 0.1) is 5.92 Å². The molecule has 3 nitrogen and oxygen atoms in total. The van der Waals surface area contributed by atoms with Crippen molar-refractivity contribution in [1.82, 2.24) is 3.53 Å². The highest BCUT2D eigenvalue weighted by Crippen LogP contribution is 2.05. The topological polar surface area (TPSA) is 55.1 Å². The fourth-order valence-corrected chi connectivity index (χ4v) is 1.11. The fourth-order valence-electron chi connectivity index (χ4n) is 0.714. The molecule has 0 fully saturated rings. The molecule has 0 aromatic carbocycles. The molecule has 0 saturated carbocycles. The standard InChI is InChI=1S/C7H15IN2O/c1-5(2)3-4-6(9)7(11)10-8/h5-6H,3-4,9H2,1-2H3,(H,10,11)/t6-/m1/s1. The van der Waals surface area contributed by atoms with Crippen LogP contribution in [0.5, 0.6) is 0 Å². The van der Waals surface area contributed by atoms with Gasteiger partial charge in [0, 0.05) is 0 Å². The molecule has 0 aliphatic heterocycles. The predicted molar refractivity (Wildman–Crippen MR) is 54.2 cm³/mol. The maximum absolute atomic E-state index is 10.9. The first-order chi connectivity index (χ1) is 5.07. The van der Waals surface area contributed by atoms with Crippen molar-refractivity contribution in [2.45, 2.75) is 32.7 Å². The Labute approximate surface area is 81.6 Å². The molecule has 66 valence electrons. The van der Waals surface area contributed by atoms with Gasteiger partial charge in [-0.15, -0.1) is 0 Å². The number of hydrogen-bond acceptors (Lipinski definition) is 2. The summed E-state index contributed by atoms with van der Waals surface area (Å²) in [6.07, 6.45) is 1.78. The van der Waals surface area contributed by atoms with Crippen LogP contribution in [0.4, 0.5) is 0 Å². The van der Waals surface area contributed by atoms with Crippen LogP contribution in [-0.4, -0.2) is 11.9 Å². The third-order valence-corrected chi connectivity index (χ3v) is 2.02. The molecular weight excluding hydrogens is 255 g/mol. The molecule has 0 heterocycles. The van der Waals surface area contributed by atoms with E-state index in [4.69, 9.17) is 5.73 Å². The van der Waals surface area contributed by atoms with Gasteiger partial charge in [0.1, 0.15) is 0 Å². The number of halogens is 1. The zero-order valence-electron chi connectivity index (χ0n) is 6.93. The van der Waals surface area contributed by atoms with Gasteiger partial charge in [0.15, 0.2) is 0 Å². The SMILES string of the molecule is CC(C)CC[C@@H](N)C(=O)NI. The van der Waals surface area contributed by atoms with Crippen LogP contribution in [0.25, 0.3) is 0 Å². The summed E-state index contributed by atoms with van der Waals surface area (Å²) in [5, 5.41) is 0. The Kier molecular flexibility index (Phi) is 5.85. The van der Waals surface area contributed by atoms with Crippen molar-refractivity contribution in [2.75, 3.05) is 0 Å². The Morgan fingerprint density at radius 1 is 1.55 bits per heavy atom. The summed E-state index contributed by atoms with van der Waals surface area (Å²) in [5.74, 6) is 0.536. The second-order valence-corrected chi connectivity index (χ2v) is 3.58. The summed E-state index contributed by atoms with van der Waals surface area (Å²) in [7, 11) is 0. The zero-order chi connectivity index (χ0) is 8.85. The Balaban J connectivity index is 3.52. The Bertz CT molecular complexity index is 128. The van der Waals surface area contributed by atoms with Crippen LogP contribution in [0.2, 0.25) is 0 Å². The lowest BCUT2D eigenvalue weighted by Crippen LogP contribution is -2.36. The van der Waals surface area contributed by atoms with E-state index in [1.807, 2.05) is 0 Å². The quantitative estimate of drug-likeness (QED) is 0.596. The van der Waals surface area contributed by atoms with Crippen LogP contribution >= 0.6 is 22.9 Å². The number of rotatable bonds is 4. The molecule has 0 aliphatic carbocycles. The van der Waals surface area contributed by atoms with E-state index >= 15 is 0 Å². The summed E-state index contributed by atoms with van der Waals surface area (Å²) < 4.78 is 2.49. The first-order valence-electron chi connectivity index (χ1n) is 3.74. The van der Waals surface area contributed by atoms with Crippen molar-refractivity contribution in [2.24, 2.45) is 11.7 Å². The highest BCUT2D eigenvalue weighted by Gasteiger charge is 2.11. The average Bonchev–Trinajstić information content (AvgIpc) is 1.98. The van der Waals surface area contributed by atoms with E-state index in [1.54, 1.807) is 22.9 Å². The molecule has 0 rings (SSSR count). The number of nitrogens with one attached hydrogen (secondary N) is 1. The molecule has 3 N–H and O–H groups in total. The minimum Gasteiger partial charge on any atom is -0.320 e. The molecule has 0 saturated heterocycles. The largest absolute Gasteiger partial charge is 0.320 e. The Morgan fingerprint density at radius 3 is 2.45 bits per heavy atom. The van der Waals surface area contributed by atoms with Crippen molar-refractivity contribution in [3.05, 3.63) is 0 Å². The normalized spacial score (nSPS) is 13.2. The summed E-state index contributed by atoms with van der Waals surface area (Å²) >= 11 is 1.81. The first-order valence-corrected chi connectivity index (χ1v) is 4.82. The fraction of sp³-hybridized carbons (Fsp3) is 0.857. The van der Waals surface area contributed by atoms with Crippen LogP contribution in [0.1, 0.15) is 26.7 Å². The van der Waals surface area contributed by atoms with E-state index in [-0.39, 0.29) is 11.9 Å². The van der Waals surface area contributed by atoms with Crippen molar-refractivity contribution >= 4 is 28.8 Å². The molecule has 4 heteroatoms. The monoisotopic (exact) mass is 270 g/mol. The smallest absolute Gasteiger partial charge is 0.245 e. The summed E-state index contributed by atoms with van der Waals surface area (Å²) in [6.45, 7) is 4.24. The molecular formula is C7H15IN2O. The van der Waals surface area contributed by atoms with Gasteiger partial charge in [-0.05, 0) is 18.8 Å². The van der Waals surface area contributed by atoms with Crippen molar-refractivity contribution < 1.29 is 4.79 Å². The molecule has 11 heavy (non-hydrogen) atoms. The minimum absolute atomic E-state index is 0.0775. The van der Waals surface area contributed by atoms with Gasteiger partial charge < -0.3 is 5.73 Å². The predicted octanol–water partition coefficient (Wildman–Crippen LogP) is 1.22. The lowest BCUT2D eigenvalue weighted by Gasteiger charge is -2.09. The molecule has 0 radical (unpaired) electrons. The van der Waals surface area contributed by atoms with E-state index in [0.29, 0.717) is 5.92 Å². The number of nitrogens with two attached hydrogens (primary N) is 1. The van der Waals surface area contributed by atoms with Gasteiger partial charge >= 0.3 is 0 Å². The highest BCUT2D eigenvalue weighted by molar-refractivity contribution is 14.1. The van der Waals surface area contributed by atoms with Gasteiger partial charge in [0.25, 0.3) is 0 Å². The summed E-state index contributed by atoms with van der Waals surface area (Å²) in [5.41, 5.74) is 5.56. The third kappa shape index (κ3) is 5.43. The van der Waals surface area contributed by atoms with Gasteiger partial charge in [-0.25, -0.2) is 0 Å². The molecule has 1 amide bonds. The van der Waals surface area contributed by atoms with Gasteiger partial charge in [0.2, 0.25) is 5.91 Å². The molecule has 0 bridgehead atoms.